The van der Waals surface area contributed by atoms with Crippen LogP contribution in [-0.4, -0.2) is 211 Å². The first-order valence-electron chi connectivity index (χ1n) is 17.1. The third-order valence-electron chi connectivity index (χ3n) is 9.58. The minimum Gasteiger partial charge on any atom is -0.481 e. The van der Waals surface area contributed by atoms with Crippen molar-refractivity contribution in [1.29, 1.82) is 5.41 Å². The van der Waals surface area contributed by atoms with Crippen LogP contribution >= 0.6 is 0 Å². The monoisotopic (exact) mass is 802 g/mol. The maximum absolute atomic E-state index is 11.3. The van der Waals surface area contributed by atoms with E-state index in [0.29, 0.717) is 0 Å². The van der Waals surface area contributed by atoms with Crippen molar-refractivity contribution < 1.29 is 84.7 Å². The SMILES string of the molecule is CC(C)(CO)[C@@H](O)C(=O)NCCC(=O)O.CN[C@@H]1[C@H](O[C@H]2[C@H](O[C@H]3[C@H](O)[C@@H](O)[C@H](NC(=N)N)[C@@H](O)[C@@H]3N=C(N)N)O[C@@H](C)[C@]2(O)CO)O[C@@H](CO)[C@H](O)[C@H]1O. The van der Waals surface area contributed by atoms with E-state index in [1.807, 2.05) is 0 Å². The Kier molecular flexibility index (Phi) is 17.8. The maximum atomic E-state index is 11.3. The predicted molar refractivity (Wildman–Crippen MR) is 185 cm³/mol. The van der Waals surface area contributed by atoms with Crippen LogP contribution in [0.3, 0.4) is 0 Å². The number of aliphatic hydroxyl groups is 10. The molecule has 0 aromatic carbocycles. The van der Waals surface area contributed by atoms with Gasteiger partial charge in [-0.25, -0.2) is 4.99 Å². The number of rotatable bonds is 15. The largest absolute Gasteiger partial charge is 0.481 e. The van der Waals surface area contributed by atoms with E-state index in [1.165, 1.54) is 27.8 Å². The Labute approximate surface area is 315 Å². The van der Waals surface area contributed by atoms with Crippen LogP contribution in [0.1, 0.15) is 27.2 Å². The third kappa shape index (κ3) is 11.5. The molecule has 2 heterocycles. The summed E-state index contributed by atoms with van der Waals surface area (Å²) in [6.07, 6.45) is -18.5. The summed E-state index contributed by atoms with van der Waals surface area (Å²) in [5, 5.41) is 126. The predicted octanol–water partition coefficient (Wildman–Crippen LogP) is -9.20. The zero-order valence-electron chi connectivity index (χ0n) is 30.7. The van der Waals surface area contributed by atoms with Crippen LogP contribution in [0, 0.1) is 10.8 Å². The number of aliphatic hydroxyl groups excluding tert-OH is 9. The molecule has 0 spiro atoms. The smallest absolute Gasteiger partial charge is 0.305 e. The van der Waals surface area contributed by atoms with E-state index in [2.05, 4.69) is 20.9 Å². The fraction of sp³-hybridized carbons (Fsp3) is 0.867. The molecule has 0 bridgehead atoms. The summed E-state index contributed by atoms with van der Waals surface area (Å²) in [4.78, 5) is 25.3. The lowest BCUT2D eigenvalue weighted by Crippen LogP contribution is -2.70. The average Bonchev–Trinajstić information content (AvgIpc) is 3.35. The number of amides is 1. The molecule has 1 aliphatic carbocycles. The fourth-order valence-electron chi connectivity index (χ4n) is 6.05. The Morgan fingerprint density at radius 2 is 1.55 bits per heavy atom. The zero-order valence-corrected chi connectivity index (χ0v) is 30.7. The van der Waals surface area contributed by atoms with Crippen molar-refractivity contribution in [2.24, 2.45) is 27.6 Å². The van der Waals surface area contributed by atoms with Gasteiger partial charge < -0.3 is 108 Å². The van der Waals surface area contributed by atoms with E-state index >= 15 is 0 Å². The van der Waals surface area contributed by atoms with Crippen LogP contribution in [0.4, 0.5) is 0 Å². The molecule has 1 amide bonds. The Morgan fingerprint density at radius 1 is 0.945 bits per heavy atom. The second kappa shape index (κ2) is 20.3. The van der Waals surface area contributed by atoms with Crippen LogP contribution in [-0.2, 0) is 28.5 Å². The summed E-state index contributed by atoms with van der Waals surface area (Å²) in [5.41, 5.74) is 13.3. The minimum absolute atomic E-state index is 0.0350. The van der Waals surface area contributed by atoms with Crippen molar-refractivity contribution >= 4 is 23.8 Å². The molecule has 55 heavy (non-hydrogen) atoms. The van der Waals surface area contributed by atoms with Crippen molar-refractivity contribution in [2.75, 3.05) is 33.4 Å². The lowest BCUT2D eigenvalue weighted by atomic mass is 9.81. The summed E-state index contributed by atoms with van der Waals surface area (Å²) in [6, 6.07) is -3.94. The number of ether oxygens (including phenoxy) is 4. The van der Waals surface area contributed by atoms with Gasteiger partial charge in [0.15, 0.2) is 24.5 Å². The molecule has 0 unspecified atom stereocenters. The van der Waals surface area contributed by atoms with Gasteiger partial charge in [0.2, 0.25) is 5.91 Å². The number of carboxylic acid groups (broad SMARTS) is 1. The number of aliphatic imine (C=N–C) groups is 1. The molecule has 1 saturated carbocycles. The van der Waals surface area contributed by atoms with Crippen molar-refractivity contribution in [3.05, 3.63) is 0 Å². The van der Waals surface area contributed by atoms with Gasteiger partial charge in [0, 0.05) is 12.0 Å². The van der Waals surface area contributed by atoms with Gasteiger partial charge in [-0.2, -0.15) is 0 Å². The van der Waals surface area contributed by atoms with Crippen LogP contribution in [0.15, 0.2) is 4.99 Å². The minimum atomic E-state index is -2.15. The highest BCUT2D eigenvalue weighted by atomic mass is 16.8. The first-order valence-corrected chi connectivity index (χ1v) is 17.1. The number of carbonyl (C=O) groups is 2. The Bertz CT molecular complexity index is 1300. The van der Waals surface area contributed by atoms with Gasteiger partial charge in [-0.15, -0.1) is 0 Å². The molecule has 3 aliphatic rings. The van der Waals surface area contributed by atoms with Crippen LogP contribution < -0.4 is 33.2 Å². The van der Waals surface area contributed by atoms with Crippen LogP contribution in [0.2, 0.25) is 0 Å². The number of likely N-dealkylation sites (N-methyl/N-ethyl adjacent to an activating group) is 1. The van der Waals surface area contributed by atoms with E-state index in [4.69, 9.17) is 51.8 Å². The molecule has 21 N–H and O–H groups in total. The third-order valence-corrected chi connectivity index (χ3v) is 9.58. The van der Waals surface area contributed by atoms with Gasteiger partial charge in [0.25, 0.3) is 0 Å². The number of hydrogen-bond acceptors (Lipinski definition) is 19. The number of hydrogen-bond donors (Lipinski definition) is 18. The standard InChI is InChI=1S/C21H41N7O12.C9H17NO5/c1-5-21(36,4-30)16(40-17-9(26-2)13(34)10(31)6(3-29)38-17)18(37-5)39-15-8(28-20(24)25)11(32)7(27-19(22)23)12(33)14(15)35;1-9(2,5-11)7(14)8(15)10-4-3-6(12)13/h5-18,26,29-36H,3-4H2,1-2H3,(H4,22,23,27)(H4,24,25,28);7,11,14H,3-5H2,1-2H3,(H,10,15)(H,12,13)/t5-,6-,7+,8-,9-,10-,11+,12-,13-,14+,15+,16-,17-,18-,21+;7-/m00/s1. The van der Waals surface area contributed by atoms with Crippen molar-refractivity contribution in [3.8, 4) is 0 Å². The summed E-state index contributed by atoms with van der Waals surface area (Å²) in [7, 11) is 1.44. The molecule has 0 radical (unpaired) electrons. The Morgan fingerprint density at radius 3 is 2.04 bits per heavy atom. The molecule has 0 aromatic rings. The topological polar surface area (TPSA) is 444 Å². The fourth-order valence-corrected chi connectivity index (χ4v) is 6.05. The van der Waals surface area contributed by atoms with Crippen LogP contribution in [0.25, 0.3) is 0 Å². The van der Waals surface area contributed by atoms with Gasteiger partial charge in [0.05, 0.1) is 44.4 Å². The van der Waals surface area contributed by atoms with Crippen molar-refractivity contribution in [2.45, 2.75) is 125 Å². The van der Waals surface area contributed by atoms with E-state index in [9.17, 15) is 55.5 Å². The normalized spacial score (nSPS) is 38.2. The van der Waals surface area contributed by atoms with Crippen LogP contribution in [0.5, 0.6) is 0 Å². The number of nitrogens with zero attached hydrogens (tertiary/aromatic N) is 1. The molecule has 3 rings (SSSR count). The average molecular weight is 803 g/mol. The lowest BCUT2D eigenvalue weighted by Gasteiger charge is -2.46. The van der Waals surface area contributed by atoms with E-state index < -0.39 is 140 Å². The molecule has 2 saturated heterocycles. The number of nitrogens with two attached hydrogens (primary N) is 3. The van der Waals surface area contributed by atoms with Gasteiger partial charge in [-0.1, -0.05) is 13.8 Å². The summed E-state index contributed by atoms with van der Waals surface area (Å²) in [5.74, 6) is -2.83. The summed E-state index contributed by atoms with van der Waals surface area (Å²) in [6.45, 7) is 2.50. The molecule has 320 valence electrons. The van der Waals surface area contributed by atoms with Gasteiger partial charge >= 0.3 is 5.97 Å². The number of nitrogens with one attached hydrogen (secondary N) is 4. The molecular weight excluding hydrogens is 744 g/mol. The second-order valence-corrected chi connectivity index (χ2v) is 14.1. The van der Waals surface area contributed by atoms with Crippen molar-refractivity contribution in [1.82, 2.24) is 16.0 Å². The second-order valence-electron chi connectivity index (χ2n) is 14.1. The first kappa shape index (κ1) is 48.0. The zero-order chi connectivity index (χ0) is 42.2. The van der Waals surface area contributed by atoms with Gasteiger partial charge in [-0.3, -0.25) is 15.0 Å². The van der Waals surface area contributed by atoms with E-state index in [-0.39, 0.29) is 19.6 Å². The Hall–Kier alpha value is -3.12. The molecule has 25 heteroatoms. The number of aliphatic carboxylic acids is 1. The highest BCUT2D eigenvalue weighted by Crippen LogP contribution is 2.39. The molecule has 25 nitrogen and oxygen atoms in total. The maximum Gasteiger partial charge on any atom is 0.305 e. The Balaban J connectivity index is 0.000000588. The highest BCUT2D eigenvalue weighted by Gasteiger charge is 2.60. The van der Waals surface area contributed by atoms with E-state index in [1.54, 1.807) is 0 Å². The molecule has 16 atom stereocenters. The molecular formula is C30H58N8O17. The molecule has 2 aliphatic heterocycles. The van der Waals surface area contributed by atoms with Gasteiger partial charge in [0.1, 0.15) is 66.6 Å². The number of carbonyl (C=O) groups excluding carboxylic acids is 1. The quantitative estimate of drug-likeness (QED) is 0.0540. The molecule has 3 fully saturated rings. The lowest BCUT2D eigenvalue weighted by molar-refractivity contribution is -0.317. The number of guanidine groups is 2. The van der Waals surface area contributed by atoms with Gasteiger partial charge in [-0.05, 0) is 14.0 Å². The summed E-state index contributed by atoms with van der Waals surface area (Å²) < 4.78 is 23.2. The number of carboxylic acids is 1. The van der Waals surface area contributed by atoms with E-state index in [0.717, 1.165) is 0 Å². The summed E-state index contributed by atoms with van der Waals surface area (Å²) >= 11 is 0. The first-order chi connectivity index (χ1) is 25.5. The molecule has 0 aromatic heterocycles. The highest BCUT2D eigenvalue weighted by molar-refractivity contribution is 5.81. The van der Waals surface area contributed by atoms with Crippen molar-refractivity contribution in [3.63, 3.8) is 0 Å².